The van der Waals surface area contributed by atoms with Crippen LogP contribution in [0.5, 0.6) is 0 Å². The standard InChI is InChI=1S/C17H12N2O2S/c20-22(21)15-9-3-1-7-13(15)19(17-11-5-6-12-18-17)14-8-2-4-10-16(14)22/h1-12H. The van der Waals surface area contributed by atoms with Gasteiger partial charge in [-0.2, -0.15) is 0 Å². The molecular formula is C17H12N2O2S. The van der Waals surface area contributed by atoms with Crippen LogP contribution in [-0.4, -0.2) is 13.4 Å². The molecule has 3 aromatic rings. The molecule has 0 bridgehead atoms. The van der Waals surface area contributed by atoms with Crippen LogP contribution < -0.4 is 4.90 Å². The first-order valence-corrected chi connectivity index (χ1v) is 8.32. The summed E-state index contributed by atoms with van der Waals surface area (Å²) >= 11 is 0. The van der Waals surface area contributed by atoms with Crippen molar-refractivity contribution in [3.63, 3.8) is 0 Å². The van der Waals surface area contributed by atoms with Crippen molar-refractivity contribution in [1.82, 2.24) is 4.98 Å². The number of hydrogen-bond donors (Lipinski definition) is 0. The Hall–Kier alpha value is -2.66. The van der Waals surface area contributed by atoms with Gasteiger partial charge in [0.2, 0.25) is 9.84 Å². The molecule has 2 aromatic carbocycles. The number of hydrogen-bond acceptors (Lipinski definition) is 4. The summed E-state index contributed by atoms with van der Waals surface area (Å²) in [4.78, 5) is 6.87. The van der Waals surface area contributed by atoms with Crippen LogP contribution in [0.4, 0.5) is 17.2 Å². The number of aromatic nitrogens is 1. The number of fused-ring (bicyclic) bond motifs is 2. The average molecular weight is 308 g/mol. The molecule has 1 aromatic heterocycles. The summed E-state index contributed by atoms with van der Waals surface area (Å²) in [6.45, 7) is 0. The average Bonchev–Trinajstić information content (AvgIpc) is 2.56. The second-order valence-corrected chi connectivity index (χ2v) is 6.85. The minimum Gasteiger partial charge on any atom is -0.292 e. The molecule has 5 heteroatoms. The third kappa shape index (κ3) is 1.76. The van der Waals surface area contributed by atoms with Crippen molar-refractivity contribution in [2.45, 2.75) is 9.79 Å². The van der Waals surface area contributed by atoms with Gasteiger partial charge in [-0.15, -0.1) is 0 Å². The fourth-order valence-corrected chi connectivity index (χ4v) is 4.34. The van der Waals surface area contributed by atoms with Gasteiger partial charge in [-0.25, -0.2) is 13.4 Å². The molecule has 1 aliphatic heterocycles. The number of anilines is 3. The van der Waals surface area contributed by atoms with Crippen LogP contribution in [-0.2, 0) is 9.84 Å². The van der Waals surface area contributed by atoms with E-state index in [9.17, 15) is 8.42 Å². The Morgan fingerprint density at radius 3 is 1.82 bits per heavy atom. The van der Waals surface area contributed by atoms with Crippen LogP contribution >= 0.6 is 0 Å². The Bertz CT molecular complexity index is 900. The Morgan fingerprint density at radius 2 is 1.27 bits per heavy atom. The topological polar surface area (TPSA) is 50.3 Å². The van der Waals surface area contributed by atoms with Crippen molar-refractivity contribution in [3.05, 3.63) is 72.9 Å². The molecule has 0 amide bonds. The second-order valence-electron chi connectivity index (χ2n) is 4.96. The molecule has 108 valence electrons. The van der Waals surface area contributed by atoms with Crippen molar-refractivity contribution in [3.8, 4) is 0 Å². The number of nitrogens with zero attached hydrogens (tertiary/aromatic N) is 2. The molecule has 1 aliphatic rings. The molecule has 4 rings (SSSR count). The minimum atomic E-state index is -3.51. The molecule has 0 unspecified atom stereocenters. The lowest BCUT2D eigenvalue weighted by atomic mass is 10.2. The van der Waals surface area contributed by atoms with Gasteiger partial charge in [-0.3, -0.25) is 4.90 Å². The summed E-state index contributed by atoms with van der Waals surface area (Å²) in [7, 11) is -3.51. The van der Waals surface area contributed by atoms with E-state index in [0.29, 0.717) is 27.0 Å². The Kier molecular flexibility index (Phi) is 2.77. The zero-order chi connectivity index (χ0) is 15.2. The maximum Gasteiger partial charge on any atom is 0.210 e. The van der Waals surface area contributed by atoms with E-state index in [1.807, 2.05) is 35.2 Å². The molecular weight excluding hydrogens is 296 g/mol. The first kappa shape index (κ1) is 13.0. The predicted molar refractivity (Wildman–Crippen MR) is 84.4 cm³/mol. The van der Waals surface area contributed by atoms with E-state index < -0.39 is 9.84 Å². The Labute approximate surface area is 128 Å². The molecule has 0 fully saturated rings. The van der Waals surface area contributed by atoms with Gasteiger partial charge >= 0.3 is 0 Å². The number of pyridine rings is 1. The van der Waals surface area contributed by atoms with Crippen LogP contribution in [0.15, 0.2) is 82.7 Å². The molecule has 4 nitrogen and oxygen atoms in total. The SMILES string of the molecule is O=S1(=O)c2ccccc2N(c2ccccn2)c2ccccc21. The highest BCUT2D eigenvalue weighted by Crippen LogP contribution is 2.46. The number of benzene rings is 2. The summed E-state index contributed by atoms with van der Waals surface area (Å²) in [6.07, 6.45) is 1.70. The van der Waals surface area contributed by atoms with Crippen LogP contribution in [0.25, 0.3) is 0 Å². The van der Waals surface area contributed by atoms with E-state index >= 15 is 0 Å². The van der Waals surface area contributed by atoms with E-state index in [1.54, 1.807) is 42.6 Å². The second kappa shape index (κ2) is 4.68. The van der Waals surface area contributed by atoms with Crippen LogP contribution in [0.1, 0.15) is 0 Å². The van der Waals surface area contributed by atoms with Gasteiger partial charge in [0.25, 0.3) is 0 Å². The van der Waals surface area contributed by atoms with Crippen molar-refractivity contribution >= 4 is 27.0 Å². The van der Waals surface area contributed by atoms with Crippen molar-refractivity contribution in [2.24, 2.45) is 0 Å². The highest BCUT2D eigenvalue weighted by Gasteiger charge is 2.34. The fraction of sp³-hybridized carbons (Fsp3) is 0. The van der Waals surface area contributed by atoms with Gasteiger partial charge in [-0.05, 0) is 36.4 Å². The van der Waals surface area contributed by atoms with E-state index in [2.05, 4.69) is 4.98 Å². The lowest BCUT2D eigenvalue weighted by molar-refractivity contribution is 0.595. The van der Waals surface area contributed by atoms with Crippen LogP contribution in [0.2, 0.25) is 0 Å². The molecule has 22 heavy (non-hydrogen) atoms. The van der Waals surface area contributed by atoms with E-state index in [1.165, 1.54) is 0 Å². The summed E-state index contributed by atoms with van der Waals surface area (Å²) < 4.78 is 25.7. The van der Waals surface area contributed by atoms with E-state index in [-0.39, 0.29) is 0 Å². The van der Waals surface area contributed by atoms with Crippen LogP contribution in [0, 0.1) is 0 Å². The monoisotopic (exact) mass is 308 g/mol. The summed E-state index contributed by atoms with van der Waals surface area (Å²) in [5, 5.41) is 0. The quantitative estimate of drug-likeness (QED) is 0.538. The highest BCUT2D eigenvalue weighted by molar-refractivity contribution is 7.92. The molecule has 0 aliphatic carbocycles. The zero-order valence-corrected chi connectivity index (χ0v) is 12.4. The molecule has 0 saturated heterocycles. The Morgan fingerprint density at radius 1 is 0.727 bits per heavy atom. The van der Waals surface area contributed by atoms with Crippen molar-refractivity contribution in [2.75, 3.05) is 4.90 Å². The number of rotatable bonds is 1. The highest BCUT2D eigenvalue weighted by atomic mass is 32.2. The smallest absolute Gasteiger partial charge is 0.210 e. The van der Waals surface area contributed by atoms with Gasteiger partial charge in [0.05, 0.1) is 21.2 Å². The minimum absolute atomic E-state index is 0.305. The number of sulfone groups is 1. The molecule has 0 spiro atoms. The maximum atomic E-state index is 12.8. The lowest BCUT2D eigenvalue weighted by Crippen LogP contribution is -2.22. The molecule has 0 saturated carbocycles. The maximum absolute atomic E-state index is 12.8. The van der Waals surface area contributed by atoms with Gasteiger partial charge in [-0.1, -0.05) is 30.3 Å². The lowest BCUT2D eigenvalue weighted by Gasteiger charge is -2.31. The van der Waals surface area contributed by atoms with Crippen LogP contribution in [0.3, 0.4) is 0 Å². The molecule has 2 heterocycles. The normalized spacial score (nSPS) is 15.0. The van der Waals surface area contributed by atoms with Crippen molar-refractivity contribution in [1.29, 1.82) is 0 Å². The fourth-order valence-electron chi connectivity index (χ4n) is 2.72. The zero-order valence-electron chi connectivity index (χ0n) is 11.5. The van der Waals surface area contributed by atoms with Gasteiger partial charge < -0.3 is 0 Å². The largest absolute Gasteiger partial charge is 0.292 e. The first-order valence-electron chi connectivity index (χ1n) is 6.84. The van der Waals surface area contributed by atoms with Crippen molar-refractivity contribution < 1.29 is 8.42 Å². The molecule has 0 atom stereocenters. The Balaban J connectivity index is 2.10. The third-order valence-corrected chi connectivity index (χ3v) is 5.52. The van der Waals surface area contributed by atoms with E-state index in [0.717, 1.165) is 0 Å². The first-order chi connectivity index (χ1) is 10.7. The molecule has 0 N–H and O–H groups in total. The van der Waals surface area contributed by atoms with Gasteiger partial charge in [0, 0.05) is 6.20 Å². The summed E-state index contributed by atoms with van der Waals surface area (Å²) in [5.41, 5.74) is 1.25. The predicted octanol–water partition coefficient (Wildman–Crippen LogP) is 3.70. The van der Waals surface area contributed by atoms with E-state index in [4.69, 9.17) is 0 Å². The van der Waals surface area contributed by atoms with Gasteiger partial charge in [0.1, 0.15) is 5.82 Å². The summed E-state index contributed by atoms with van der Waals surface area (Å²) in [5.74, 6) is 0.692. The number of para-hydroxylation sites is 2. The summed E-state index contributed by atoms with van der Waals surface area (Å²) in [6, 6.07) is 19.6. The van der Waals surface area contributed by atoms with Gasteiger partial charge in [0.15, 0.2) is 0 Å². The molecule has 0 radical (unpaired) electrons. The third-order valence-electron chi connectivity index (χ3n) is 3.67.